The molecular weight excluding hydrogens is 737 g/mol. The third kappa shape index (κ3) is 7.69. The SMILES string of the molecule is CC1NCC=C1c1cc2c(Nc3ccc4scnc4c3)ccnc2s1.CC1NCCC1c1cc2c(Nc3ccc4scnc4c3)ccnc2s1.CCO. The topological polar surface area (TPSA) is 120 Å². The van der Waals surface area contributed by atoms with Crippen molar-refractivity contribution in [3.8, 4) is 0 Å². The maximum absolute atomic E-state index is 7.57. The number of fused-ring (bicyclic) bond motifs is 4. The Balaban J connectivity index is 0.000000141. The first-order valence-electron chi connectivity index (χ1n) is 17.7. The molecule has 9 nitrogen and oxygen atoms in total. The first-order chi connectivity index (χ1) is 26.0. The first-order valence-corrected chi connectivity index (χ1v) is 21.1. The van der Waals surface area contributed by atoms with Gasteiger partial charge in [0.2, 0.25) is 0 Å². The molecular formula is C40H40N8OS4. The highest BCUT2D eigenvalue weighted by atomic mass is 32.1. The quantitative estimate of drug-likeness (QED) is 0.112. The molecule has 0 saturated carbocycles. The zero-order valence-electron chi connectivity index (χ0n) is 29.6. The van der Waals surface area contributed by atoms with Gasteiger partial charge in [-0.25, -0.2) is 19.9 Å². The summed E-state index contributed by atoms with van der Waals surface area (Å²) in [7, 11) is 0. The van der Waals surface area contributed by atoms with E-state index in [9.17, 15) is 0 Å². The van der Waals surface area contributed by atoms with Crippen LogP contribution in [0.15, 0.2) is 90.2 Å². The van der Waals surface area contributed by atoms with Crippen LogP contribution < -0.4 is 21.3 Å². The summed E-state index contributed by atoms with van der Waals surface area (Å²) in [4.78, 5) is 22.9. The fourth-order valence-electron chi connectivity index (χ4n) is 6.82. The summed E-state index contributed by atoms with van der Waals surface area (Å²) in [6.07, 6.45) is 7.25. The first kappa shape index (κ1) is 35.7. The third-order valence-corrected chi connectivity index (χ3v) is 13.4. The van der Waals surface area contributed by atoms with E-state index in [-0.39, 0.29) is 6.61 Å². The molecule has 2 aliphatic rings. The van der Waals surface area contributed by atoms with Crippen molar-refractivity contribution >= 4 is 115 Å². The van der Waals surface area contributed by atoms with Crippen LogP contribution in [0.25, 0.3) is 46.4 Å². The molecule has 5 N–H and O–H groups in total. The monoisotopic (exact) mass is 776 g/mol. The average Bonchev–Trinajstić information content (AvgIpc) is 4.01. The van der Waals surface area contributed by atoms with Crippen molar-refractivity contribution in [1.82, 2.24) is 30.6 Å². The maximum atomic E-state index is 7.57. The van der Waals surface area contributed by atoms with Crippen LogP contribution in [0, 0.1) is 0 Å². The number of benzene rings is 2. The summed E-state index contributed by atoms with van der Waals surface area (Å²) in [6.45, 7) is 8.46. The smallest absolute Gasteiger partial charge is 0.125 e. The Kier molecular flexibility index (Phi) is 10.7. The number of aliphatic hydroxyl groups is 1. The van der Waals surface area contributed by atoms with Gasteiger partial charge in [0.15, 0.2) is 0 Å². The van der Waals surface area contributed by atoms with Crippen LogP contribution in [0.3, 0.4) is 0 Å². The number of hydrogen-bond acceptors (Lipinski definition) is 13. The van der Waals surface area contributed by atoms with Crippen LogP contribution in [0.2, 0.25) is 0 Å². The minimum atomic E-state index is 0.250. The molecule has 0 spiro atoms. The van der Waals surface area contributed by atoms with Crippen molar-refractivity contribution in [1.29, 1.82) is 0 Å². The number of aliphatic hydroxyl groups excluding tert-OH is 1. The molecule has 1 saturated heterocycles. The maximum Gasteiger partial charge on any atom is 0.125 e. The highest BCUT2D eigenvalue weighted by molar-refractivity contribution is 7.20. The summed E-state index contributed by atoms with van der Waals surface area (Å²) in [5.74, 6) is 0.596. The van der Waals surface area contributed by atoms with E-state index in [0.29, 0.717) is 18.0 Å². The molecule has 6 aromatic heterocycles. The Bertz CT molecular complexity index is 2530. The lowest BCUT2D eigenvalue weighted by molar-refractivity contribution is 0.318. The van der Waals surface area contributed by atoms with Crippen LogP contribution in [0.5, 0.6) is 0 Å². The predicted molar refractivity (Wildman–Crippen MR) is 228 cm³/mol. The second kappa shape index (κ2) is 15.9. The molecule has 0 radical (unpaired) electrons. The molecule has 8 heterocycles. The molecule has 2 aromatic carbocycles. The summed E-state index contributed by atoms with van der Waals surface area (Å²) in [5.41, 5.74) is 11.5. The molecule has 0 amide bonds. The average molecular weight is 777 g/mol. The number of nitrogens with one attached hydrogen (secondary N) is 4. The Hall–Kier alpha value is -4.34. The molecule has 13 heteroatoms. The Morgan fingerprint density at radius 1 is 0.755 bits per heavy atom. The molecule has 10 rings (SSSR count). The minimum Gasteiger partial charge on any atom is -0.397 e. The lowest BCUT2D eigenvalue weighted by Gasteiger charge is -2.12. The van der Waals surface area contributed by atoms with Gasteiger partial charge < -0.3 is 26.4 Å². The Morgan fingerprint density at radius 2 is 1.36 bits per heavy atom. The molecule has 0 aliphatic carbocycles. The Labute approximate surface area is 323 Å². The predicted octanol–water partition coefficient (Wildman–Crippen LogP) is 10.1. The van der Waals surface area contributed by atoms with E-state index in [1.54, 1.807) is 40.9 Å². The van der Waals surface area contributed by atoms with Crippen molar-refractivity contribution < 1.29 is 5.11 Å². The number of aromatic nitrogens is 4. The van der Waals surface area contributed by atoms with Gasteiger partial charge >= 0.3 is 0 Å². The van der Waals surface area contributed by atoms with Gasteiger partial charge in [0.1, 0.15) is 9.66 Å². The van der Waals surface area contributed by atoms with Crippen molar-refractivity contribution in [2.24, 2.45) is 0 Å². The van der Waals surface area contributed by atoms with Gasteiger partial charge in [-0.15, -0.1) is 45.3 Å². The van der Waals surface area contributed by atoms with Crippen molar-refractivity contribution in [2.75, 3.05) is 30.3 Å². The summed E-state index contributed by atoms with van der Waals surface area (Å²) in [6, 6.07) is 22.3. The van der Waals surface area contributed by atoms with Gasteiger partial charge in [0, 0.05) is 75.4 Å². The molecule has 0 bridgehead atoms. The number of hydrogen-bond donors (Lipinski definition) is 5. The minimum absolute atomic E-state index is 0.250. The molecule has 3 atom stereocenters. The van der Waals surface area contributed by atoms with Gasteiger partial charge in [0.25, 0.3) is 0 Å². The Morgan fingerprint density at radius 3 is 1.92 bits per heavy atom. The van der Waals surface area contributed by atoms with Crippen molar-refractivity contribution in [2.45, 2.75) is 45.2 Å². The molecule has 3 unspecified atom stereocenters. The highest BCUT2D eigenvalue weighted by Gasteiger charge is 2.26. The van der Waals surface area contributed by atoms with E-state index in [4.69, 9.17) is 5.11 Å². The fourth-order valence-corrected chi connectivity index (χ4v) is 10.6. The second-order valence-corrected chi connectivity index (χ2v) is 16.8. The largest absolute Gasteiger partial charge is 0.397 e. The number of pyridine rings is 2. The number of thiazole rings is 2. The van der Waals surface area contributed by atoms with Crippen LogP contribution in [-0.2, 0) is 0 Å². The summed E-state index contributed by atoms with van der Waals surface area (Å²) in [5, 5.41) is 24.0. The zero-order valence-corrected chi connectivity index (χ0v) is 32.9. The highest BCUT2D eigenvalue weighted by Crippen LogP contribution is 2.39. The normalized spacial score (nSPS) is 18.2. The lowest BCUT2D eigenvalue weighted by Crippen LogP contribution is -2.20. The van der Waals surface area contributed by atoms with Gasteiger partial charge in [0.05, 0.1) is 42.8 Å². The van der Waals surface area contributed by atoms with Gasteiger partial charge in [-0.3, -0.25) is 0 Å². The number of rotatable bonds is 6. The molecule has 8 aromatic rings. The molecule has 53 heavy (non-hydrogen) atoms. The molecule has 270 valence electrons. The van der Waals surface area contributed by atoms with Gasteiger partial charge in [-0.2, -0.15) is 0 Å². The lowest BCUT2D eigenvalue weighted by atomic mass is 10.00. The molecule has 1 fully saturated rings. The van der Waals surface area contributed by atoms with E-state index in [2.05, 4.69) is 116 Å². The van der Waals surface area contributed by atoms with Crippen LogP contribution in [-0.4, -0.2) is 56.8 Å². The number of nitrogens with zero attached hydrogens (tertiary/aromatic N) is 4. The van der Waals surface area contributed by atoms with Gasteiger partial charge in [-0.1, -0.05) is 6.08 Å². The zero-order chi connectivity index (χ0) is 36.3. The third-order valence-electron chi connectivity index (χ3n) is 9.50. The standard InChI is InChI=1S/C19H18N4S2.C19H16N4S2.C2H6O/c2*1-11-13(4-6-20-11)18-9-14-15(5-7-21-19(14)25-18)23-12-2-3-17-16(8-12)22-10-24-17;1-2-3/h2-3,5,7-11,13,20H,4,6H2,1H3,(H,21,23);2-5,7-11,20H,6H2,1H3,(H,21,23);3H,2H2,1H3. The second-order valence-electron chi connectivity index (χ2n) is 13.0. The van der Waals surface area contributed by atoms with Crippen molar-refractivity contribution in [3.05, 3.63) is 99.9 Å². The number of thiophene rings is 2. The van der Waals surface area contributed by atoms with E-state index in [1.807, 2.05) is 40.8 Å². The van der Waals surface area contributed by atoms with Crippen molar-refractivity contribution in [3.63, 3.8) is 0 Å². The van der Waals surface area contributed by atoms with Crippen LogP contribution in [0.1, 0.15) is 42.9 Å². The fraction of sp³-hybridized carbons (Fsp3) is 0.250. The van der Waals surface area contributed by atoms with E-state index in [1.165, 1.54) is 41.9 Å². The van der Waals surface area contributed by atoms with Gasteiger partial charge in [-0.05, 0) is 100.0 Å². The van der Waals surface area contributed by atoms with Crippen LogP contribution >= 0.6 is 45.3 Å². The summed E-state index contributed by atoms with van der Waals surface area (Å²) < 4.78 is 2.42. The van der Waals surface area contributed by atoms with E-state index < -0.39 is 0 Å². The molecule has 2 aliphatic heterocycles. The van der Waals surface area contributed by atoms with E-state index in [0.717, 1.165) is 56.5 Å². The van der Waals surface area contributed by atoms with E-state index >= 15 is 0 Å². The van der Waals surface area contributed by atoms with Crippen LogP contribution in [0.4, 0.5) is 22.7 Å². The number of anilines is 4. The summed E-state index contributed by atoms with van der Waals surface area (Å²) >= 11 is 6.91.